The molecule has 0 bridgehead atoms. The molecule has 0 atom stereocenters. The predicted octanol–water partition coefficient (Wildman–Crippen LogP) is 3.41. The summed E-state index contributed by atoms with van der Waals surface area (Å²) in [6.45, 7) is 1.52. The van der Waals surface area contributed by atoms with Crippen molar-refractivity contribution in [3.05, 3.63) is 41.4 Å². The molecule has 0 aliphatic heterocycles. The first kappa shape index (κ1) is 20.2. The average Bonchev–Trinajstić information content (AvgIpc) is 3.29. The number of aromatic nitrogens is 4. The summed E-state index contributed by atoms with van der Waals surface area (Å²) in [4.78, 5) is 8.09. The zero-order valence-electron chi connectivity index (χ0n) is 14.4. The molecule has 0 saturated heterocycles. The minimum atomic E-state index is -3.76. The first-order chi connectivity index (χ1) is 13.3. The van der Waals surface area contributed by atoms with E-state index in [0.717, 1.165) is 27.9 Å². The van der Waals surface area contributed by atoms with E-state index in [1.807, 2.05) is 0 Å². The molecule has 0 N–H and O–H groups in total. The van der Waals surface area contributed by atoms with Crippen molar-refractivity contribution < 1.29 is 26.0 Å². The lowest BCUT2D eigenvalue weighted by Gasteiger charge is -2.23. The highest BCUT2D eigenvalue weighted by Gasteiger charge is 2.25. The second-order valence-electron chi connectivity index (χ2n) is 5.55. The van der Waals surface area contributed by atoms with Gasteiger partial charge < -0.3 is 4.42 Å². The first-order valence-electron chi connectivity index (χ1n) is 7.97. The fourth-order valence-electron chi connectivity index (χ4n) is 2.28. The molecular weight excluding hydrogens is 419 g/mol. The van der Waals surface area contributed by atoms with Crippen LogP contribution in [0.15, 0.2) is 29.1 Å². The van der Waals surface area contributed by atoms with Crippen molar-refractivity contribution in [1.82, 2.24) is 20.2 Å². The molecule has 0 amide bonds. The van der Waals surface area contributed by atoms with Crippen LogP contribution in [-0.2, 0) is 16.6 Å². The van der Waals surface area contributed by atoms with Crippen molar-refractivity contribution in [1.29, 1.82) is 0 Å². The summed E-state index contributed by atoms with van der Waals surface area (Å²) >= 11 is 1.000. The van der Waals surface area contributed by atoms with Crippen molar-refractivity contribution in [3.8, 4) is 10.8 Å². The second kappa shape index (κ2) is 8.22. The number of halogens is 3. The van der Waals surface area contributed by atoms with Gasteiger partial charge in [0, 0.05) is 6.07 Å². The zero-order valence-corrected chi connectivity index (χ0v) is 16.1. The fourth-order valence-corrected chi connectivity index (χ4v) is 4.67. The normalized spacial score (nSPS) is 11.9. The molecule has 0 saturated carbocycles. The highest BCUT2D eigenvalue weighted by atomic mass is 32.2. The molecule has 3 heterocycles. The molecule has 0 spiro atoms. The van der Waals surface area contributed by atoms with E-state index in [9.17, 15) is 21.6 Å². The molecule has 0 radical (unpaired) electrons. The molecule has 13 heteroatoms. The molecule has 3 aromatic rings. The van der Waals surface area contributed by atoms with Gasteiger partial charge in [0.05, 0.1) is 36.6 Å². The quantitative estimate of drug-likeness (QED) is 0.536. The third kappa shape index (κ3) is 4.47. The Bertz CT molecular complexity index is 1050. The Hall–Kier alpha value is -2.54. The molecular formula is C15H14F3N5O3S2. The zero-order chi connectivity index (χ0) is 20.3. The van der Waals surface area contributed by atoms with Crippen LogP contribution in [0, 0.1) is 5.82 Å². The predicted molar refractivity (Wildman–Crippen MR) is 94.8 cm³/mol. The minimum Gasteiger partial charge on any atom is -0.414 e. The van der Waals surface area contributed by atoms with Gasteiger partial charge in [-0.2, -0.15) is 8.78 Å². The standard InChI is InChI=1S/C15H14F3N5O3S2/c1-2-3-28(24,25)23(10-4-9(16)5-19-6-10)8-12-20-7-11(27-12)14-21-22-15(26-14)13(17)18/h4-7,13H,2-3,8H2,1H3. The maximum atomic E-state index is 13.5. The maximum absolute atomic E-state index is 13.5. The number of nitrogens with zero attached hydrogens (tertiary/aromatic N) is 5. The van der Waals surface area contributed by atoms with Gasteiger partial charge in [0.15, 0.2) is 0 Å². The van der Waals surface area contributed by atoms with Crippen molar-refractivity contribution in [2.24, 2.45) is 0 Å². The molecule has 8 nitrogen and oxygen atoms in total. The first-order valence-corrected chi connectivity index (χ1v) is 10.4. The molecule has 0 aromatic carbocycles. The lowest BCUT2D eigenvalue weighted by atomic mass is 10.4. The molecule has 0 unspecified atom stereocenters. The lowest BCUT2D eigenvalue weighted by Crippen LogP contribution is -2.32. The number of hydrogen-bond acceptors (Lipinski definition) is 8. The van der Waals surface area contributed by atoms with Crippen LogP contribution in [0.1, 0.15) is 30.7 Å². The number of hydrogen-bond donors (Lipinski definition) is 0. The number of alkyl halides is 2. The average molecular weight is 433 g/mol. The van der Waals surface area contributed by atoms with Crippen molar-refractivity contribution in [2.75, 3.05) is 10.1 Å². The Labute approximate surface area is 162 Å². The Morgan fingerprint density at radius 2 is 2.04 bits per heavy atom. The highest BCUT2D eigenvalue weighted by Crippen LogP contribution is 2.30. The number of sulfonamides is 1. The van der Waals surface area contributed by atoms with Crippen LogP contribution in [0.25, 0.3) is 10.8 Å². The summed E-state index contributed by atoms with van der Waals surface area (Å²) in [5.74, 6) is -1.79. The second-order valence-corrected chi connectivity index (χ2v) is 8.68. The van der Waals surface area contributed by atoms with Gasteiger partial charge in [-0.05, 0) is 6.42 Å². The Morgan fingerprint density at radius 3 is 2.68 bits per heavy atom. The molecule has 3 rings (SSSR count). The summed E-state index contributed by atoms with van der Waals surface area (Å²) in [5.41, 5.74) is 0.0583. The number of rotatable bonds is 8. The Kier molecular flexibility index (Phi) is 5.93. The van der Waals surface area contributed by atoms with E-state index in [2.05, 4.69) is 20.2 Å². The summed E-state index contributed by atoms with van der Waals surface area (Å²) in [6, 6.07) is 1.06. The molecule has 3 aromatic heterocycles. The number of thiazole rings is 1. The summed E-state index contributed by atoms with van der Waals surface area (Å²) in [7, 11) is -3.76. The largest absolute Gasteiger partial charge is 0.414 e. The van der Waals surface area contributed by atoms with Gasteiger partial charge >= 0.3 is 6.43 Å². The van der Waals surface area contributed by atoms with Crippen LogP contribution in [0.4, 0.5) is 18.9 Å². The molecule has 0 aliphatic carbocycles. The molecule has 0 aliphatic rings. The van der Waals surface area contributed by atoms with E-state index in [0.29, 0.717) is 16.3 Å². The fraction of sp³-hybridized carbons (Fsp3) is 0.333. The van der Waals surface area contributed by atoms with Gasteiger partial charge in [0.25, 0.3) is 11.8 Å². The molecule has 28 heavy (non-hydrogen) atoms. The minimum absolute atomic E-state index is 0.0583. The topological polar surface area (TPSA) is 102 Å². The molecule has 0 fully saturated rings. The summed E-state index contributed by atoms with van der Waals surface area (Å²) < 4.78 is 69.8. The molecule has 150 valence electrons. The van der Waals surface area contributed by atoms with Crippen molar-refractivity contribution in [2.45, 2.75) is 26.3 Å². The number of pyridine rings is 1. The number of anilines is 1. The van der Waals surface area contributed by atoms with Crippen LogP contribution in [0.5, 0.6) is 0 Å². The van der Waals surface area contributed by atoms with Crippen molar-refractivity contribution in [3.63, 3.8) is 0 Å². The summed E-state index contributed by atoms with van der Waals surface area (Å²) in [5, 5.41) is 7.10. The van der Waals surface area contributed by atoms with E-state index in [1.165, 1.54) is 12.4 Å². The SMILES string of the molecule is CCCS(=O)(=O)N(Cc1ncc(-c2nnc(C(F)F)o2)s1)c1cncc(F)c1. The van der Waals surface area contributed by atoms with E-state index < -0.39 is 28.2 Å². The van der Waals surface area contributed by atoms with E-state index >= 15 is 0 Å². The van der Waals surface area contributed by atoms with Crippen LogP contribution in [0.2, 0.25) is 0 Å². The van der Waals surface area contributed by atoms with Crippen LogP contribution in [-0.4, -0.2) is 34.3 Å². The monoisotopic (exact) mass is 433 g/mol. The van der Waals surface area contributed by atoms with E-state index in [1.54, 1.807) is 6.92 Å². The van der Waals surface area contributed by atoms with E-state index in [-0.39, 0.29) is 23.9 Å². The van der Waals surface area contributed by atoms with Gasteiger partial charge in [-0.15, -0.1) is 21.5 Å². The Balaban J connectivity index is 1.90. The van der Waals surface area contributed by atoms with Gasteiger partial charge in [0.2, 0.25) is 10.0 Å². The Morgan fingerprint density at radius 1 is 1.25 bits per heavy atom. The third-order valence-electron chi connectivity index (χ3n) is 3.45. The maximum Gasteiger partial charge on any atom is 0.314 e. The van der Waals surface area contributed by atoms with Gasteiger partial charge in [0.1, 0.15) is 15.7 Å². The smallest absolute Gasteiger partial charge is 0.314 e. The summed E-state index contributed by atoms with van der Waals surface area (Å²) in [6.07, 6.45) is 0.980. The lowest BCUT2D eigenvalue weighted by molar-refractivity contribution is 0.116. The van der Waals surface area contributed by atoms with Crippen LogP contribution in [0.3, 0.4) is 0 Å². The van der Waals surface area contributed by atoms with Crippen molar-refractivity contribution >= 4 is 27.0 Å². The highest BCUT2D eigenvalue weighted by molar-refractivity contribution is 7.92. The van der Waals surface area contributed by atoms with Gasteiger partial charge in [-0.3, -0.25) is 9.29 Å². The van der Waals surface area contributed by atoms with E-state index in [4.69, 9.17) is 4.42 Å². The van der Waals surface area contributed by atoms with Crippen LogP contribution < -0.4 is 4.31 Å². The third-order valence-corrected chi connectivity index (χ3v) is 6.35. The van der Waals surface area contributed by atoms with Crippen LogP contribution >= 0.6 is 11.3 Å². The van der Waals surface area contributed by atoms with Gasteiger partial charge in [-0.1, -0.05) is 6.92 Å². The van der Waals surface area contributed by atoms with Gasteiger partial charge in [-0.25, -0.2) is 17.8 Å².